The van der Waals surface area contributed by atoms with Crippen LogP contribution in [0.25, 0.3) is 0 Å². The molecular formula is C12H21N5. The maximum absolute atomic E-state index is 5.62. The van der Waals surface area contributed by atoms with E-state index in [9.17, 15) is 0 Å². The van der Waals surface area contributed by atoms with Gasteiger partial charge in [0.05, 0.1) is 0 Å². The average Bonchev–Trinajstić information content (AvgIpc) is 2.30. The minimum Gasteiger partial charge on any atom is -0.384 e. The minimum atomic E-state index is 0.377. The molecule has 94 valence electrons. The highest BCUT2D eigenvalue weighted by Gasteiger charge is 2.13. The summed E-state index contributed by atoms with van der Waals surface area (Å²) >= 11 is 0. The molecule has 1 aliphatic rings. The topological polar surface area (TPSA) is 67.1 Å². The number of nitrogen functional groups attached to an aromatic ring is 1. The number of piperidine rings is 1. The van der Waals surface area contributed by atoms with Crippen molar-refractivity contribution in [3.05, 3.63) is 12.4 Å². The Kier molecular flexibility index (Phi) is 4.14. The molecule has 0 aliphatic carbocycles. The van der Waals surface area contributed by atoms with E-state index in [-0.39, 0.29) is 0 Å². The van der Waals surface area contributed by atoms with Crippen LogP contribution in [0, 0.1) is 0 Å². The first-order chi connectivity index (χ1) is 8.24. The highest BCUT2D eigenvalue weighted by Crippen LogP contribution is 2.11. The van der Waals surface area contributed by atoms with E-state index in [4.69, 9.17) is 5.73 Å². The lowest BCUT2D eigenvalue weighted by Gasteiger charge is -2.29. The van der Waals surface area contributed by atoms with Gasteiger partial charge in [0.15, 0.2) is 0 Å². The van der Waals surface area contributed by atoms with E-state index in [1.807, 2.05) is 0 Å². The Labute approximate surface area is 102 Å². The summed E-state index contributed by atoms with van der Waals surface area (Å²) in [5, 5.41) is 3.36. The van der Waals surface area contributed by atoms with Crippen molar-refractivity contribution in [2.75, 3.05) is 30.7 Å². The summed E-state index contributed by atoms with van der Waals surface area (Å²) in [5.74, 6) is 1.31. The number of nitrogens with one attached hydrogen (secondary N) is 1. The zero-order chi connectivity index (χ0) is 12.1. The molecule has 5 nitrogen and oxygen atoms in total. The van der Waals surface area contributed by atoms with Crippen molar-refractivity contribution in [3.63, 3.8) is 0 Å². The van der Waals surface area contributed by atoms with Crippen LogP contribution in [-0.2, 0) is 0 Å². The number of rotatable bonds is 4. The van der Waals surface area contributed by atoms with Crippen LogP contribution < -0.4 is 11.1 Å². The van der Waals surface area contributed by atoms with Crippen LogP contribution >= 0.6 is 0 Å². The van der Waals surface area contributed by atoms with Gasteiger partial charge in [-0.25, -0.2) is 9.97 Å². The van der Waals surface area contributed by atoms with Crippen molar-refractivity contribution in [2.45, 2.75) is 32.2 Å². The number of aromatic nitrogens is 2. The Bertz CT molecular complexity index is 349. The van der Waals surface area contributed by atoms with Crippen LogP contribution in [0.1, 0.15) is 26.2 Å². The van der Waals surface area contributed by atoms with E-state index in [0.717, 1.165) is 12.4 Å². The Balaban J connectivity index is 1.82. The van der Waals surface area contributed by atoms with Gasteiger partial charge in [0.1, 0.15) is 18.0 Å². The summed E-state index contributed by atoms with van der Waals surface area (Å²) in [7, 11) is 0. The second kappa shape index (κ2) is 5.82. The van der Waals surface area contributed by atoms with E-state index >= 15 is 0 Å². The average molecular weight is 235 g/mol. The summed E-state index contributed by atoms with van der Waals surface area (Å²) < 4.78 is 0. The lowest BCUT2D eigenvalue weighted by atomic mass is 10.1. The first kappa shape index (κ1) is 12.1. The van der Waals surface area contributed by atoms with E-state index < -0.39 is 0 Å². The van der Waals surface area contributed by atoms with Crippen LogP contribution in [0.4, 0.5) is 11.6 Å². The number of hydrogen-bond donors (Lipinski definition) is 2. The molecule has 1 atom stereocenters. The van der Waals surface area contributed by atoms with Gasteiger partial charge in [-0.05, 0) is 32.9 Å². The van der Waals surface area contributed by atoms with Crippen molar-refractivity contribution >= 4 is 11.6 Å². The molecule has 17 heavy (non-hydrogen) atoms. The van der Waals surface area contributed by atoms with Crippen molar-refractivity contribution in [1.29, 1.82) is 0 Å². The molecule has 2 rings (SSSR count). The molecule has 2 heterocycles. The molecule has 1 saturated heterocycles. The standard InChI is InChI=1S/C12H21N5/c1-10(8-17-5-3-2-4-6-17)16-12-7-11(13)14-9-15-12/h7,9-10H,2-6,8H2,1H3,(H3,13,14,15,16). The second-order valence-corrected chi connectivity index (χ2v) is 4.73. The fourth-order valence-electron chi connectivity index (χ4n) is 2.28. The Morgan fingerprint density at radius 3 is 2.82 bits per heavy atom. The largest absolute Gasteiger partial charge is 0.384 e. The molecular weight excluding hydrogens is 214 g/mol. The number of nitrogens with zero attached hydrogens (tertiary/aromatic N) is 3. The van der Waals surface area contributed by atoms with E-state index in [0.29, 0.717) is 11.9 Å². The molecule has 0 aromatic carbocycles. The van der Waals surface area contributed by atoms with Gasteiger partial charge >= 0.3 is 0 Å². The number of likely N-dealkylation sites (tertiary alicyclic amines) is 1. The number of hydrogen-bond acceptors (Lipinski definition) is 5. The van der Waals surface area contributed by atoms with Crippen LogP contribution in [0.3, 0.4) is 0 Å². The summed E-state index contributed by atoms with van der Waals surface area (Å²) in [5.41, 5.74) is 5.62. The first-order valence-electron chi connectivity index (χ1n) is 6.30. The molecule has 5 heteroatoms. The van der Waals surface area contributed by atoms with Crippen molar-refractivity contribution < 1.29 is 0 Å². The summed E-state index contributed by atoms with van der Waals surface area (Å²) in [6, 6.07) is 2.15. The predicted molar refractivity (Wildman–Crippen MR) is 69.8 cm³/mol. The third-order valence-corrected chi connectivity index (χ3v) is 3.06. The zero-order valence-corrected chi connectivity index (χ0v) is 10.4. The summed E-state index contributed by atoms with van der Waals surface area (Å²) in [6.45, 7) is 5.67. The minimum absolute atomic E-state index is 0.377. The predicted octanol–water partition coefficient (Wildman–Crippen LogP) is 1.35. The third-order valence-electron chi connectivity index (χ3n) is 3.06. The maximum atomic E-state index is 5.62. The van der Waals surface area contributed by atoms with Crippen molar-refractivity contribution in [3.8, 4) is 0 Å². The SMILES string of the molecule is CC(CN1CCCCC1)Nc1cc(N)ncn1. The molecule has 0 spiro atoms. The molecule has 1 aromatic heterocycles. The van der Waals surface area contributed by atoms with Gasteiger partial charge in [0.25, 0.3) is 0 Å². The van der Waals surface area contributed by atoms with Crippen LogP contribution in [0.2, 0.25) is 0 Å². The lowest BCUT2D eigenvalue weighted by Crippen LogP contribution is -2.38. The van der Waals surface area contributed by atoms with Gasteiger partial charge in [-0.1, -0.05) is 6.42 Å². The Morgan fingerprint density at radius 2 is 2.12 bits per heavy atom. The zero-order valence-electron chi connectivity index (χ0n) is 10.4. The number of nitrogens with two attached hydrogens (primary N) is 1. The third kappa shape index (κ3) is 3.85. The molecule has 0 saturated carbocycles. The summed E-state index contributed by atoms with van der Waals surface area (Å²) in [6.07, 6.45) is 5.52. The van der Waals surface area contributed by atoms with Gasteiger partial charge < -0.3 is 16.0 Å². The number of anilines is 2. The molecule has 3 N–H and O–H groups in total. The van der Waals surface area contributed by atoms with Gasteiger partial charge in [0, 0.05) is 18.7 Å². The lowest BCUT2D eigenvalue weighted by molar-refractivity contribution is 0.223. The highest BCUT2D eigenvalue weighted by molar-refractivity contribution is 5.43. The van der Waals surface area contributed by atoms with Gasteiger partial charge in [-0.3, -0.25) is 0 Å². The van der Waals surface area contributed by atoms with Crippen molar-refractivity contribution in [1.82, 2.24) is 14.9 Å². The van der Waals surface area contributed by atoms with E-state index in [1.165, 1.54) is 38.7 Å². The van der Waals surface area contributed by atoms with Crippen LogP contribution in [0.15, 0.2) is 12.4 Å². The molecule has 1 unspecified atom stereocenters. The molecule has 1 aromatic rings. The Morgan fingerprint density at radius 1 is 1.35 bits per heavy atom. The quantitative estimate of drug-likeness (QED) is 0.824. The summed E-state index contributed by atoms with van der Waals surface area (Å²) in [4.78, 5) is 10.5. The monoisotopic (exact) mass is 235 g/mol. The van der Waals surface area contributed by atoms with Crippen LogP contribution in [-0.4, -0.2) is 40.5 Å². The molecule has 1 fully saturated rings. The normalized spacial score (nSPS) is 18.9. The van der Waals surface area contributed by atoms with Gasteiger partial charge in [0.2, 0.25) is 0 Å². The van der Waals surface area contributed by atoms with Crippen molar-refractivity contribution in [2.24, 2.45) is 0 Å². The van der Waals surface area contributed by atoms with Gasteiger partial charge in [-0.15, -0.1) is 0 Å². The first-order valence-corrected chi connectivity index (χ1v) is 6.30. The van der Waals surface area contributed by atoms with E-state index in [2.05, 4.69) is 27.1 Å². The second-order valence-electron chi connectivity index (χ2n) is 4.73. The highest BCUT2D eigenvalue weighted by atomic mass is 15.2. The van der Waals surface area contributed by atoms with Crippen LogP contribution in [0.5, 0.6) is 0 Å². The molecule has 1 aliphatic heterocycles. The maximum Gasteiger partial charge on any atom is 0.131 e. The molecule has 0 amide bonds. The Hall–Kier alpha value is -1.36. The fourth-order valence-corrected chi connectivity index (χ4v) is 2.28. The smallest absolute Gasteiger partial charge is 0.131 e. The molecule has 0 radical (unpaired) electrons. The fraction of sp³-hybridized carbons (Fsp3) is 0.667. The van der Waals surface area contributed by atoms with E-state index in [1.54, 1.807) is 6.07 Å². The molecule has 0 bridgehead atoms. The van der Waals surface area contributed by atoms with Gasteiger partial charge in [-0.2, -0.15) is 0 Å².